The highest BCUT2D eigenvalue weighted by atomic mass is 16.2. The highest BCUT2D eigenvalue weighted by Crippen LogP contribution is 2.30. The normalized spacial score (nSPS) is 28.2. The third kappa shape index (κ3) is 2.55. The molecule has 2 unspecified atom stereocenters. The van der Waals surface area contributed by atoms with Gasteiger partial charge in [0.25, 0.3) is 0 Å². The zero-order valence-electron chi connectivity index (χ0n) is 11.4. The fourth-order valence-electron chi connectivity index (χ4n) is 2.76. The van der Waals surface area contributed by atoms with Crippen molar-refractivity contribution in [3.05, 3.63) is 0 Å². The van der Waals surface area contributed by atoms with E-state index in [-0.39, 0.29) is 17.5 Å². The summed E-state index contributed by atoms with van der Waals surface area (Å²) < 4.78 is 0. The number of nitrogens with zero attached hydrogens (tertiary/aromatic N) is 2. The Morgan fingerprint density at radius 3 is 2.25 bits per heavy atom. The molecule has 1 saturated heterocycles. The molecule has 94 valence electrons. The maximum absolute atomic E-state index is 11.6. The van der Waals surface area contributed by atoms with E-state index in [9.17, 15) is 4.79 Å². The van der Waals surface area contributed by atoms with Crippen molar-refractivity contribution in [3.8, 4) is 0 Å². The van der Waals surface area contributed by atoms with Crippen molar-refractivity contribution in [2.75, 3.05) is 27.2 Å². The summed E-state index contributed by atoms with van der Waals surface area (Å²) in [6.45, 7) is 10.1. The summed E-state index contributed by atoms with van der Waals surface area (Å²) in [5, 5.41) is 3.29. The predicted octanol–water partition coefficient (Wildman–Crippen LogP) is 0.740. The van der Waals surface area contributed by atoms with Crippen LogP contribution >= 0.6 is 0 Å². The van der Waals surface area contributed by atoms with E-state index >= 15 is 0 Å². The average molecular weight is 227 g/mol. The molecular weight excluding hydrogens is 202 g/mol. The van der Waals surface area contributed by atoms with E-state index in [1.165, 1.54) is 0 Å². The monoisotopic (exact) mass is 227 g/mol. The number of carbonyl (C=O) groups is 1. The molecule has 1 rings (SSSR count). The molecule has 2 atom stereocenters. The number of rotatable bonds is 1. The van der Waals surface area contributed by atoms with Gasteiger partial charge >= 0.3 is 0 Å². The van der Waals surface area contributed by atoms with Crippen LogP contribution in [-0.2, 0) is 4.79 Å². The minimum absolute atomic E-state index is 0.108. The molecule has 0 saturated carbocycles. The van der Waals surface area contributed by atoms with Crippen molar-refractivity contribution < 1.29 is 4.79 Å². The average Bonchev–Trinajstić information content (AvgIpc) is 2.14. The Bertz CT molecular complexity index is 259. The fraction of sp³-hybridized carbons (Fsp3) is 0.917. The Morgan fingerprint density at radius 2 is 1.88 bits per heavy atom. The maximum atomic E-state index is 11.6. The third-order valence-electron chi connectivity index (χ3n) is 3.39. The van der Waals surface area contributed by atoms with Gasteiger partial charge in [-0.05, 0) is 19.5 Å². The Balaban J connectivity index is 2.97. The quantitative estimate of drug-likeness (QED) is 0.718. The van der Waals surface area contributed by atoms with Crippen molar-refractivity contribution in [3.63, 3.8) is 0 Å². The first-order valence-corrected chi connectivity index (χ1v) is 5.93. The molecule has 1 aliphatic rings. The molecule has 0 radical (unpaired) electrons. The number of carbonyl (C=O) groups excluding carboxylic acids is 1. The van der Waals surface area contributed by atoms with Gasteiger partial charge in [-0.2, -0.15) is 0 Å². The molecule has 0 aliphatic carbocycles. The van der Waals surface area contributed by atoms with Crippen LogP contribution in [0.1, 0.15) is 27.7 Å². The van der Waals surface area contributed by atoms with Crippen LogP contribution in [0.4, 0.5) is 0 Å². The Hall–Kier alpha value is -0.610. The molecule has 4 heteroatoms. The first kappa shape index (κ1) is 13.5. The second-order valence-corrected chi connectivity index (χ2v) is 5.74. The van der Waals surface area contributed by atoms with E-state index in [0.717, 1.165) is 13.1 Å². The van der Waals surface area contributed by atoms with Gasteiger partial charge in [-0.1, -0.05) is 20.8 Å². The standard InChI is InChI=1S/C12H25N3O/c1-9(16)15-8-7-14(6)10(11(15)13-5)12(2,3)4/h10-11,13H,7-8H2,1-6H3. The lowest BCUT2D eigenvalue weighted by atomic mass is 9.82. The molecule has 1 fully saturated rings. The molecule has 0 aromatic carbocycles. The SMILES string of the molecule is CNC1C(C(C)(C)C)N(C)CCN1C(C)=O. The fourth-order valence-corrected chi connectivity index (χ4v) is 2.76. The molecule has 0 spiro atoms. The van der Waals surface area contributed by atoms with Gasteiger partial charge in [0.2, 0.25) is 5.91 Å². The number of hydrogen-bond acceptors (Lipinski definition) is 3. The highest BCUT2D eigenvalue weighted by Gasteiger charge is 2.41. The molecule has 0 aromatic heterocycles. The van der Waals surface area contributed by atoms with Crippen LogP contribution in [0.15, 0.2) is 0 Å². The molecule has 0 bridgehead atoms. The molecule has 1 aliphatic heterocycles. The van der Waals surface area contributed by atoms with Gasteiger partial charge in [-0.25, -0.2) is 0 Å². The van der Waals surface area contributed by atoms with Gasteiger partial charge in [0.05, 0.1) is 6.17 Å². The molecule has 1 heterocycles. The zero-order chi connectivity index (χ0) is 12.5. The maximum Gasteiger partial charge on any atom is 0.220 e. The molecule has 16 heavy (non-hydrogen) atoms. The second-order valence-electron chi connectivity index (χ2n) is 5.74. The van der Waals surface area contributed by atoms with Crippen LogP contribution in [0.25, 0.3) is 0 Å². The molecular formula is C12H25N3O. The van der Waals surface area contributed by atoms with Gasteiger partial charge in [0, 0.05) is 26.1 Å². The smallest absolute Gasteiger partial charge is 0.220 e. The number of amides is 1. The molecule has 4 nitrogen and oxygen atoms in total. The lowest BCUT2D eigenvalue weighted by molar-refractivity contribution is -0.139. The van der Waals surface area contributed by atoms with Crippen LogP contribution in [0.5, 0.6) is 0 Å². The van der Waals surface area contributed by atoms with Crippen LogP contribution in [0.2, 0.25) is 0 Å². The zero-order valence-corrected chi connectivity index (χ0v) is 11.4. The van der Waals surface area contributed by atoms with E-state index in [0.29, 0.717) is 6.04 Å². The summed E-state index contributed by atoms with van der Waals surface area (Å²) in [5.41, 5.74) is 0.149. The summed E-state index contributed by atoms with van der Waals surface area (Å²) in [4.78, 5) is 15.9. The van der Waals surface area contributed by atoms with Crippen molar-refractivity contribution in [2.45, 2.75) is 39.9 Å². The van der Waals surface area contributed by atoms with Crippen LogP contribution < -0.4 is 5.32 Å². The lowest BCUT2D eigenvalue weighted by Gasteiger charge is -2.51. The largest absolute Gasteiger partial charge is 0.324 e. The van der Waals surface area contributed by atoms with Crippen molar-refractivity contribution in [1.29, 1.82) is 0 Å². The molecule has 1 amide bonds. The first-order valence-electron chi connectivity index (χ1n) is 5.93. The van der Waals surface area contributed by atoms with Gasteiger partial charge in [-0.15, -0.1) is 0 Å². The predicted molar refractivity (Wildman–Crippen MR) is 66.1 cm³/mol. The van der Waals surface area contributed by atoms with Crippen LogP contribution in [0.3, 0.4) is 0 Å². The van der Waals surface area contributed by atoms with Crippen LogP contribution in [-0.4, -0.2) is 55.1 Å². The Morgan fingerprint density at radius 1 is 1.31 bits per heavy atom. The topological polar surface area (TPSA) is 35.6 Å². The highest BCUT2D eigenvalue weighted by molar-refractivity contribution is 5.73. The minimum atomic E-state index is 0.108. The summed E-state index contributed by atoms with van der Waals surface area (Å²) in [5.74, 6) is 0.154. The van der Waals surface area contributed by atoms with Crippen LogP contribution in [0, 0.1) is 5.41 Å². The van der Waals surface area contributed by atoms with Gasteiger partial charge in [0.15, 0.2) is 0 Å². The number of likely N-dealkylation sites (N-methyl/N-ethyl adjacent to an activating group) is 2. The summed E-state index contributed by atoms with van der Waals surface area (Å²) in [6.07, 6.45) is 0.108. The first-order chi connectivity index (χ1) is 7.29. The van der Waals surface area contributed by atoms with Gasteiger partial charge in [-0.3, -0.25) is 15.0 Å². The van der Waals surface area contributed by atoms with Gasteiger partial charge < -0.3 is 4.90 Å². The van der Waals surface area contributed by atoms with E-state index in [4.69, 9.17) is 0 Å². The molecule has 0 aromatic rings. The van der Waals surface area contributed by atoms with E-state index in [1.807, 2.05) is 11.9 Å². The van der Waals surface area contributed by atoms with Crippen molar-refractivity contribution in [1.82, 2.24) is 15.1 Å². The third-order valence-corrected chi connectivity index (χ3v) is 3.39. The molecule has 1 N–H and O–H groups in total. The Labute approximate surface area is 99.0 Å². The summed E-state index contributed by atoms with van der Waals surface area (Å²) in [7, 11) is 4.07. The second kappa shape index (κ2) is 4.72. The Kier molecular flexibility index (Phi) is 3.97. The van der Waals surface area contributed by atoms with E-state index in [2.05, 4.69) is 38.0 Å². The summed E-state index contributed by atoms with van der Waals surface area (Å²) >= 11 is 0. The van der Waals surface area contributed by atoms with Gasteiger partial charge in [0.1, 0.15) is 0 Å². The van der Waals surface area contributed by atoms with Crippen molar-refractivity contribution in [2.24, 2.45) is 5.41 Å². The minimum Gasteiger partial charge on any atom is -0.324 e. The summed E-state index contributed by atoms with van der Waals surface area (Å²) in [6, 6.07) is 0.343. The number of nitrogens with one attached hydrogen (secondary N) is 1. The lowest BCUT2D eigenvalue weighted by Crippen LogP contribution is -2.67. The number of piperazine rings is 1. The van der Waals surface area contributed by atoms with E-state index in [1.54, 1.807) is 6.92 Å². The van der Waals surface area contributed by atoms with E-state index < -0.39 is 0 Å². The van der Waals surface area contributed by atoms with Crippen molar-refractivity contribution >= 4 is 5.91 Å². The number of hydrogen-bond donors (Lipinski definition) is 1.